The topological polar surface area (TPSA) is 147 Å². The van der Waals surface area contributed by atoms with E-state index >= 15 is 0 Å². The number of ether oxygens (including phenoxy) is 10. The van der Waals surface area contributed by atoms with Crippen LogP contribution in [0.2, 0.25) is 0 Å². The molecule has 2 saturated carbocycles. The molecule has 2 aliphatic rings. The van der Waals surface area contributed by atoms with E-state index in [2.05, 4.69) is 211 Å². The fraction of sp³-hybridized carbons (Fsp3) is 0.935. The van der Waals surface area contributed by atoms with Crippen LogP contribution in [-0.4, -0.2) is 131 Å². The molecule has 3 unspecified atom stereocenters. The zero-order valence-electron chi connectivity index (χ0n) is 79.6. The molecular formula is C93H188O13. The number of aliphatic hydroxyl groups is 1. The number of esters is 2. The molecular weight excluding hydrogens is 1330 g/mol. The van der Waals surface area contributed by atoms with Crippen LogP contribution in [0, 0.1) is 73.4 Å². The summed E-state index contributed by atoms with van der Waals surface area (Å²) in [6.07, 6.45) is 9.29. The second kappa shape index (κ2) is 48.0. The smallest absolute Gasteiger partial charge is 0.335 e. The summed E-state index contributed by atoms with van der Waals surface area (Å²) >= 11 is 0. The van der Waals surface area contributed by atoms with Gasteiger partial charge in [-0.05, 0) is 365 Å². The van der Waals surface area contributed by atoms with Gasteiger partial charge in [-0.3, -0.25) is 0 Å². The maximum absolute atomic E-state index is 11.5. The average molecular weight is 1510 g/mol. The fourth-order valence-corrected chi connectivity index (χ4v) is 9.19. The molecule has 0 saturated heterocycles. The van der Waals surface area contributed by atoms with Gasteiger partial charge in [-0.1, -0.05) is 102 Å². The summed E-state index contributed by atoms with van der Waals surface area (Å²) in [4.78, 5) is 22.6. The monoisotopic (exact) mass is 1510 g/mol. The van der Waals surface area contributed by atoms with Crippen molar-refractivity contribution in [1.82, 2.24) is 0 Å². The fourth-order valence-electron chi connectivity index (χ4n) is 9.19. The minimum atomic E-state index is -0.519. The number of rotatable bonds is 17. The van der Waals surface area contributed by atoms with E-state index in [0.717, 1.165) is 49.5 Å². The Morgan fingerprint density at radius 2 is 0.670 bits per heavy atom. The van der Waals surface area contributed by atoms with Gasteiger partial charge in [0.05, 0.1) is 76.8 Å². The Hall–Kier alpha value is -2.30. The van der Waals surface area contributed by atoms with E-state index in [1.54, 1.807) is 6.92 Å². The van der Waals surface area contributed by atoms with Gasteiger partial charge in [0.2, 0.25) is 0 Å². The number of aliphatic hydroxyl groups excluding tert-OH is 1. The molecule has 0 bridgehead atoms. The van der Waals surface area contributed by atoms with Crippen LogP contribution in [0.3, 0.4) is 0 Å². The van der Waals surface area contributed by atoms with Crippen LogP contribution < -0.4 is 0 Å². The molecule has 13 nitrogen and oxygen atoms in total. The first-order valence-electron chi connectivity index (χ1n) is 39.9. The maximum Gasteiger partial charge on any atom is 0.335 e. The molecule has 2 aliphatic carbocycles. The first kappa shape index (κ1) is 117. The second-order valence-electron chi connectivity index (χ2n) is 46.0. The van der Waals surface area contributed by atoms with E-state index in [1.807, 2.05) is 152 Å². The van der Waals surface area contributed by atoms with Gasteiger partial charge in [-0.2, -0.15) is 0 Å². The summed E-state index contributed by atoms with van der Waals surface area (Å²) in [6, 6.07) is 0. The molecule has 13 heteroatoms. The van der Waals surface area contributed by atoms with E-state index in [1.165, 1.54) is 25.7 Å². The van der Waals surface area contributed by atoms with Crippen molar-refractivity contribution in [3.8, 4) is 23.7 Å². The molecule has 0 aromatic rings. The number of hydrogen-bond acceptors (Lipinski definition) is 13. The predicted molar refractivity (Wildman–Crippen MR) is 458 cm³/mol. The van der Waals surface area contributed by atoms with Gasteiger partial charge < -0.3 is 52.5 Å². The van der Waals surface area contributed by atoms with Crippen molar-refractivity contribution in [2.45, 2.75) is 479 Å². The minimum absolute atomic E-state index is 0. The van der Waals surface area contributed by atoms with Crippen molar-refractivity contribution >= 4 is 11.9 Å². The third-order valence-corrected chi connectivity index (χ3v) is 14.5. The van der Waals surface area contributed by atoms with Crippen molar-refractivity contribution in [1.29, 1.82) is 0 Å². The minimum Gasteiger partial charge on any atom is -0.458 e. The van der Waals surface area contributed by atoms with E-state index in [4.69, 9.17) is 47.4 Å². The normalized spacial score (nSPS) is 17.7. The summed E-state index contributed by atoms with van der Waals surface area (Å²) in [7, 11) is 0. The zero-order chi connectivity index (χ0) is 85.3. The van der Waals surface area contributed by atoms with Crippen molar-refractivity contribution < 1.29 is 62.1 Å². The van der Waals surface area contributed by atoms with E-state index < -0.39 is 17.3 Å². The SMILES string of the molecule is C.CC(C)(C)C#CC#CC(C)(C)C.CC(C)(C)C1CC2(C1)CC(C(C)(C)C)C2.CC(C)(C)CCC(O)CCOC(C)(C)C.CC(C)(C)CCOC(C)(C)C.CC(C)(C)OCC(=O)OC(C)(C)C.CC(C)(C)OCCOC(C)(C)C.CC(COC(C)(C)C)OC(C)(C)C.CC(OC(C)(C)C)C(=O)OC(C)(C)C. The lowest BCUT2D eigenvalue weighted by Gasteiger charge is -2.63. The van der Waals surface area contributed by atoms with E-state index in [9.17, 15) is 14.7 Å². The predicted octanol–water partition coefficient (Wildman–Crippen LogP) is 25.5. The van der Waals surface area contributed by atoms with Gasteiger partial charge >= 0.3 is 11.9 Å². The lowest BCUT2D eigenvalue weighted by atomic mass is 9.42. The quantitative estimate of drug-likeness (QED) is 0.0838. The number of hydrogen-bond donors (Lipinski definition) is 1. The Labute approximate surface area is 663 Å². The van der Waals surface area contributed by atoms with E-state index in [-0.39, 0.29) is 93.8 Å². The van der Waals surface area contributed by atoms with Gasteiger partial charge in [0.15, 0.2) is 6.10 Å². The third kappa shape index (κ3) is 94.1. The van der Waals surface area contributed by atoms with Crippen LogP contribution in [0.5, 0.6) is 0 Å². The molecule has 0 aliphatic heterocycles. The standard InChI is InChI=1S/C15H28.C13H28O2.C12H18.C11H22O3.C11H24O2.C10H20O3.C10H22O2.C10H22O.CH4/c1-13(2,3)11-7-15(8-11)9-12(10-15)14(4,5)6;1-12(2,3)9-7-11(14)8-10-15-13(4,5)6;1-11(2,3)9-7-8-10-12(4,5)6;1-8(13-10(2,3)4)9(12)14-11(5,6)7;1-9(13-11(5,6)7)8-12-10(2,3)4;1-9(2,3)12-7-8(11)13-10(4,5)6;1-9(2,3)11-7-8-12-10(4,5)6;1-9(2,3)7-8-11-10(4,5)6;/h11-12H,7-10H2,1-6H3;11,14H,7-10H2,1-6H3;1-6H3;8H,1-7H3;9H,8H2,1-7H3;7H2,1-6H3;7-8H2,1-6H3;7-8H2,1-6H3;1H4. The molecule has 1 spiro atoms. The molecule has 0 heterocycles. The Morgan fingerprint density at radius 3 is 0.934 bits per heavy atom. The highest BCUT2D eigenvalue weighted by molar-refractivity contribution is 5.74. The first-order valence-corrected chi connectivity index (χ1v) is 39.9. The van der Waals surface area contributed by atoms with Gasteiger partial charge in [-0.25, -0.2) is 9.59 Å². The molecule has 106 heavy (non-hydrogen) atoms. The van der Waals surface area contributed by atoms with Gasteiger partial charge in [-0.15, -0.1) is 0 Å². The maximum atomic E-state index is 11.5. The van der Waals surface area contributed by atoms with Crippen LogP contribution in [-0.2, 0) is 57.0 Å². The van der Waals surface area contributed by atoms with Crippen LogP contribution in [0.1, 0.15) is 405 Å². The van der Waals surface area contributed by atoms with Crippen molar-refractivity contribution in [2.75, 3.05) is 39.6 Å². The molecule has 0 amide bonds. The molecule has 638 valence electrons. The average Bonchev–Trinajstić information content (AvgIpc) is 0.724. The summed E-state index contributed by atoms with van der Waals surface area (Å²) in [5.41, 5.74) is 0.897. The number of carbonyl (C=O) groups excluding carboxylic acids is 2. The molecule has 0 radical (unpaired) electrons. The first-order chi connectivity index (χ1) is 45.6. The zero-order valence-corrected chi connectivity index (χ0v) is 79.6. The van der Waals surface area contributed by atoms with Gasteiger partial charge in [0, 0.05) is 24.0 Å². The van der Waals surface area contributed by atoms with Crippen LogP contribution >= 0.6 is 0 Å². The lowest BCUT2D eigenvalue weighted by Crippen LogP contribution is -2.53. The molecule has 0 aromatic heterocycles. The molecule has 2 fully saturated rings. The van der Waals surface area contributed by atoms with Crippen LogP contribution in [0.4, 0.5) is 0 Å². The summed E-state index contributed by atoms with van der Waals surface area (Å²) < 4.78 is 54.5. The summed E-state index contributed by atoms with van der Waals surface area (Å²) in [5.74, 6) is 13.3. The Balaban J connectivity index is -0.000000212. The largest absolute Gasteiger partial charge is 0.458 e. The van der Waals surface area contributed by atoms with Gasteiger partial charge in [0.25, 0.3) is 0 Å². The highest BCUT2D eigenvalue weighted by atomic mass is 16.6. The molecule has 2 rings (SSSR count). The highest BCUT2D eigenvalue weighted by Crippen LogP contribution is 2.67. The van der Waals surface area contributed by atoms with Gasteiger partial charge in [0.1, 0.15) is 17.8 Å². The lowest BCUT2D eigenvalue weighted by molar-refractivity contribution is -0.175. The third-order valence-electron chi connectivity index (χ3n) is 14.5. The van der Waals surface area contributed by atoms with Crippen LogP contribution in [0.15, 0.2) is 0 Å². The summed E-state index contributed by atoms with van der Waals surface area (Å²) in [6.45, 7) is 107. The molecule has 3 atom stereocenters. The Kier molecular flexibility index (Phi) is 53.0. The Bertz CT molecular complexity index is 2300. The van der Waals surface area contributed by atoms with Crippen LogP contribution in [0.25, 0.3) is 0 Å². The molecule has 1 N–H and O–H groups in total. The summed E-state index contributed by atoms with van der Waals surface area (Å²) in [5, 5.41) is 9.73. The highest BCUT2D eigenvalue weighted by Gasteiger charge is 2.57. The van der Waals surface area contributed by atoms with Crippen molar-refractivity contribution in [2.24, 2.45) is 49.7 Å². The number of carbonyl (C=O) groups is 2. The Morgan fingerprint density at radius 1 is 0.368 bits per heavy atom. The van der Waals surface area contributed by atoms with Crippen molar-refractivity contribution in [3.63, 3.8) is 0 Å². The van der Waals surface area contributed by atoms with Crippen molar-refractivity contribution in [3.05, 3.63) is 0 Å². The molecule has 0 aromatic carbocycles. The second-order valence-corrected chi connectivity index (χ2v) is 46.0. The van der Waals surface area contributed by atoms with E-state index in [0.29, 0.717) is 48.1 Å².